The molecule has 0 amide bonds. The zero-order valence-corrected chi connectivity index (χ0v) is 12.6. The van der Waals surface area contributed by atoms with Gasteiger partial charge in [0.2, 0.25) is 0 Å². The van der Waals surface area contributed by atoms with Gasteiger partial charge in [0.1, 0.15) is 12.5 Å². The Labute approximate surface area is 118 Å². The minimum atomic E-state index is -0.548. The molecule has 112 valence electrons. The first-order chi connectivity index (χ1) is 9.43. The van der Waals surface area contributed by atoms with E-state index < -0.39 is 17.9 Å². The van der Waals surface area contributed by atoms with Gasteiger partial charge >= 0.3 is 11.9 Å². The molecule has 1 rings (SSSR count). The van der Waals surface area contributed by atoms with Gasteiger partial charge in [-0.3, -0.25) is 9.79 Å². The summed E-state index contributed by atoms with van der Waals surface area (Å²) in [6.07, 6.45) is 0. The molecular formula is C14H21NO5. The highest BCUT2D eigenvalue weighted by Crippen LogP contribution is 2.31. The second-order valence-electron chi connectivity index (χ2n) is 4.67. The molecule has 0 aromatic heterocycles. The van der Waals surface area contributed by atoms with Crippen LogP contribution < -0.4 is 0 Å². The highest BCUT2D eigenvalue weighted by atomic mass is 16.6. The molecule has 6 nitrogen and oxygen atoms in total. The number of carbonyl (C=O) groups is 2. The van der Waals surface area contributed by atoms with Crippen molar-refractivity contribution in [3.63, 3.8) is 0 Å². The Hall–Kier alpha value is -1.69. The highest BCUT2D eigenvalue weighted by molar-refractivity contribution is 6.05. The molecule has 0 bridgehead atoms. The molecule has 0 saturated heterocycles. The number of methoxy groups -OCH3 is 2. The molecule has 0 aliphatic carbocycles. The van der Waals surface area contributed by atoms with Crippen molar-refractivity contribution in [3.8, 4) is 0 Å². The van der Waals surface area contributed by atoms with E-state index in [1.165, 1.54) is 14.2 Å². The van der Waals surface area contributed by atoms with Crippen LogP contribution in [-0.4, -0.2) is 45.1 Å². The van der Waals surface area contributed by atoms with Gasteiger partial charge in [-0.1, -0.05) is 6.92 Å². The van der Waals surface area contributed by atoms with Gasteiger partial charge in [0.05, 0.1) is 19.3 Å². The molecule has 0 saturated carbocycles. The van der Waals surface area contributed by atoms with E-state index in [0.29, 0.717) is 23.6 Å². The Morgan fingerprint density at radius 1 is 1.20 bits per heavy atom. The van der Waals surface area contributed by atoms with Crippen molar-refractivity contribution in [1.82, 2.24) is 0 Å². The zero-order chi connectivity index (χ0) is 15.3. The summed E-state index contributed by atoms with van der Waals surface area (Å²) in [5.41, 5.74) is 1.65. The number of allylic oxidation sites excluding steroid dienone is 1. The number of rotatable bonds is 5. The predicted octanol–water partition coefficient (Wildman–Crippen LogP) is 1.35. The number of carbonyl (C=O) groups excluding carboxylic acids is 2. The van der Waals surface area contributed by atoms with Crippen molar-refractivity contribution in [3.05, 3.63) is 11.3 Å². The Morgan fingerprint density at radius 2 is 1.85 bits per heavy atom. The van der Waals surface area contributed by atoms with Crippen LogP contribution in [0, 0.1) is 11.8 Å². The molecule has 0 N–H and O–H groups in total. The first-order valence-corrected chi connectivity index (χ1v) is 6.43. The average Bonchev–Trinajstić information content (AvgIpc) is 2.38. The molecule has 1 aliphatic rings. The summed E-state index contributed by atoms with van der Waals surface area (Å²) >= 11 is 0. The van der Waals surface area contributed by atoms with E-state index in [2.05, 4.69) is 4.99 Å². The van der Waals surface area contributed by atoms with E-state index in [1.807, 2.05) is 0 Å². The summed E-state index contributed by atoms with van der Waals surface area (Å²) in [7, 11) is 2.85. The van der Waals surface area contributed by atoms with Crippen LogP contribution in [0.5, 0.6) is 0 Å². The SMILES string of the molecule is COCCOC(=O)C1=C(C)N=C(C)C(C(=O)OC)[C@H]1C. The largest absolute Gasteiger partial charge is 0.468 e. The molecular weight excluding hydrogens is 262 g/mol. The topological polar surface area (TPSA) is 74.2 Å². The lowest BCUT2D eigenvalue weighted by Crippen LogP contribution is -2.36. The Balaban J connectivity index is 2.96. The van der Waals surface area contributed by atoms with Gasteiger partial charge in [-0.2, -0.15) is 0 Å². The number of aliphatic imine (C=N–C) groups is 1. The maximum atomic E-state index is 12.1. The molecule has 0 aromatic carbocycles. The van der Waals surface area contributed by atoms with Crippen molar-refractivity contribution in [2.75, 3.05) is 27.4 Å². The quantitative estimate of drug-likeness (QED) is 0.562. The number of nitrogens with zero attached hydrogens (tertiary/aromatic N) is 1. The average molecular weight is 283 g/mol. The van der Waals surface area contributed by atoms with Gasteiger partial charge in [-0.05, 0) is 13.8 Å². The van der Waals surface area contributed by atoms with Crippen LogP contribution in [-0.2, 0) is 23.8 Å². The van der Waals surface area contributed by atoms with Gasteiger partial charge in [-0.15, -0.1) is 0 Å². The first kappa shape index (κ1) is 16.4. The highest BCUT2D eigenvalue weighted by Gasteiger charge is 2.38. The smallest absolute Gasteiger partial charge is 0.336 e. The van der Waals surface area contributed by atoms with E-state index >= 15 is 0 Å². The lowest BCUT2D eigenvalue weighted by atomic mass is 9.81. The molecule has 1 heterocycles. The standard InChI is InChI=1S/C14H21NO5/c1-8-11(13(16)19-5)9(2)15-10(3)12(8)14(17)20-7-6-18-4/h8,11H,6-7H2,1-5H3/t8-,11?/m1/s1. The van der Waals surface area contributed by atoms with Crippen molar-refractivity contribution >= 4 is 17.7 Å². The number of ether oxygens (including phenoxy) is 3. The first-order valence-electron chi connectivity index (χ1n) is 6.43. The molecule has 0 spiro atoms. The number of esters is 2. The molecule has 0 radical (unpaired) electrons. The van der Waals surface area contributed by atoms with Crippen molar-refractivity contribution in [2.24, 2.45) is 16.8 Å². The van der Waals surface area contributed by atoms with Gasteiger partial charge in [0.15, 0.2) is 0 Å². The van der Waals surface area contributed by atoms with Crippen LogP contribution in [0.15, 0.2) is 16.3 Å². The van der Waals surface area contributed by atoms with Crippen LogP contribution in [0.3, 0.4) is 0 Å². The minimum Gasteiger partial charge on any atom is -0.468 e. The van der Waals surface area contributed by atoms with Crippen LogP contribution in [0.4, 0.5) is 0 Å². The molecule has 1 aliphatic heterocycles. The monoisotopic (exact) mass is 283 g/mol. The van der Waals surface area contributed by atoms with E-state index in [-0.39, 0.29) is 12.5 Å². The van der Waals surface area contributed by atoms with E-state index in [1.54, 1.807) is 20.8 Å². The van der Waals surface area contributed by atoms with Crippen LogP contribution >= 0.6 is 0 Å². The fourth-order valence-electron chi connectivity index (χ4n) is 2.38. The molecule has 0 aromatic rings. The third-order valence-corrected chi connectivity index (χ3v) is 3.33. The summed E-state index contributed by atoms with van der Waals surface area (Å²) in [5, 5.41) is 0. The van der Waals surface area contributed by atoms with Gasteiger partial charge in [-0.25, -0.2) is 4.79 Å². The summed E-state index contributed by atoms with van der Waals surface area (Å²) in [6.45, 7) is 5.80. The zero-order valence-electron chi connectivity index (χ0n) is 12.6. The third kappa shape index (κ3) is 3.45. The fourth-order valence-corrected chi connectivity index (χ4v) is 2.38. The predicted molar refractivity (Wildman–Crippen MR) is 73.3 cm³/mol. The Bertz CT molecular complexity index is 452. The second-order valence-corrected chi connectivity index (χ2v) is 4.67. The van der Waals surface area contributed by atoms with E-state index in [4.69, 9.17) is 14.2 Å². The fraction of sp³-hybridized carbons (Fsp3) is 0.643. The molecule has 20 heavy (non-hydrogen) atoms. The summed E-state index contributed by atoms with van der Waals surface area (Å²) in [5.74, 6) is -1.73. The van der Waals surface area contributed by atoms with Gasteiger partial charge in [0.25, 0.3) is 0 Å². The maximum absolute atomic E-state index is 12.1. The summed E-state index contributed by atoms with van der Waals surface area (Å²) in [4.78, 5) is 28.2. The minimum absolute atomic E-state index is 0.171. The number of hydrogen-bond acceptors (Lipinski definition) is 6. The summed E-state index contributed by atoms with van der Waals surface area (Å²) in [6, 6.07) is 0. The van der Waals surface area contributed by atoms with E-state index in [0.717, 1.165) is 0 Å². The van der Waals surface area contributed by atoms with Crippen molar-refractivity contribution < 1.29 is 23.8 Å². The Morgan fingerprint density at radius 3 is 2.40 bits per heavy atom. The van der Waals surface area contributed by atoms with Gasteiger partial charge < -0.3 is 14.2 Å². The van der Waals surface area contributed by atoms with Crippen molar-refractivity contribution in [2.45, 2.75) is 20.8 Å². The molecule has 2 atom stereocenters. The Kier molecular flexibility index (Phi) is 5.88. The van der Waals surface area contributed by atoms with Gasteiger partial charge in [0, 0.05) is 24.4 Å². The normalized spacial score (nSPS) is 22.4. The summed E-state index contributed by atoms with van der Waals surface area (Å²) < 4.78 is 14.7. The van der Waals surface area contributed by atoms with Crippen LogP contribution in [0.25, 0.3) is 0 Å². The molecule has 6 heteroatoms. The second kappa shape index (κ2) is 7.19. The van der Waals surface area contributed by atoms with Crippen LogP contribution in [0.1, 0.15) is 20.8 Å². The maximum Gasteiger partial charge on any atom is 0.336 e. The number of hydrogen-bond donors (Lipinski definition) is 0. The van der Waals surface area contributed by atoms with Crippen LogP contribution in [0.2, 0.25) is 0 Å². The lowest BCUT2D eigenvalue weighted by molar-refractivity contribution is -0.145. The third-order valence-electron chi connectivity index (χ3n) is 3.33. The molecule has 0 fully saturated rings. The van der Waals surface area contributed by atoms with Crippen molar-refractivity contribution in [1.29, 1.82) is 0 Å². The molecule has 1 unspecified atom stereocenters. The van der Waals surface area contributed by atoms with E-state index in [9.17, 15) is 9.59 Å². The lowest BCUT2D eigenvalue weighted by Gasteiger charge is -2.28.